The van der Waals surface area contributed by atoms with Gasteiger partial charge in [-0.3, -0.25) is 4.79 Å². The lowest BCUT2D eigenvalue weighted by Crippen LogP contribution is -2.29. The molecule has 1 aromatic heterocycles. The van der Waals surface area contributed by atoms with E-state index in [0.717, 1.165) is 42.7 Å². The van der Waals surface area contributed by atoms with Crippen molar-refractivity contribution in [2.24, 2.45) is 0 Å². The van der Waals surface area contributed by atoms with E-state index in [1.807, 2.05) is 35.8 Å². The quantitative estimate of drug-likeness (QED) is 0.918. The highest BCUT2D eigenvalue weighted by Crippen LogP contribution is 2.30. The Bertz CT molecular complexity index is 629. The third-order valence-corrected chi connectivity index (χ3v) is 3.78. The number of rotatable bonds is 5. The monoisotopic (exact) mass is 287 g/mol. The second-order valence-electron chi connectivity index (χ2n) is 5.40. The summed E-state index contributed by atoms with van der Waals surface area (Å²) in [5.74, 6) is 0.902. The molecule has 1 amide bonds. The van der Waals surface area contributed by atoms with E-state index < -0.39 is 0 Å². The van der Waals surface area contributed by atoms with E-state index in [-0.39, 0.29) is 12.0 Å². The lowest BCUT2D eigenvalue weighted by atomic mass is 10.2. The molecule has 5 nitrogen and oxygen atoms in total. The van der Waals surface area contributed by atoms with Crippen molar-refractivity contribution in [3.05, 3.63) is 30.1 Å². The van der Waals surface area contributed by atoms with Gasteiger partial charge in [0.15, 0.2) is 0 Å². The fourth-order valence-corrected chi connectivity index (χ4v) is 2.75. The van der Waals surface area contributed by atoms with Crippen LogP contribution in [0.15, 0.2) is 24.3 Å². The van der Waals surface area contributed by atoms with Crippen molar-refractivity contribution in [1.82, 2.24) is 14.9 Å². The van der Waals surface area contributed by atoms with E-state index in [4.69, 9.17) is 4.74 Å². The zero-order valence-corrected chi connectivity index (χ0v) is 12.3. The van der Waals surface area contributed by atoms with Crippen LogP contribution in [0.5, 0.6) is 0 Å². The minimum atomic E-state index is 0.0105. The molecule has 112 valence electrons. The second kappa shape index (κ2) is 6.26. The van der Waals surface area contributed by atoms with Crippen LogP contribution in [0.1, 0.15) is 38.1 Å². The highest BCUT2D eigenvalue weighted by molar-refractivity contribution is 5.81. The normalized spacial score (nSPS) is 18.2. The number of fused-ring (bicyclic) bond motifs is 1. The molecule has 0 spiro atoms. The van der Waals surface area contributed by atoms with Crippen LogP contribution >= 0.6 is 0 Å². The first-order valence-corrected chi connectivity index (χ1v) is 7.63. The molecule has 0 radical (unpaired) electrons. The van der Waals surface area contributed by atoms with Crippen LogP contribution in [0.3, 0.4) is 0 Å². The Hall–Kier alpha value is -1.88. The molecule has 1 N–H and O–H groups in total. The third kappa shape index (κ3) is 2.93. The third-order valence-electron chi connectivity index (χ3n) is 3.78. The molecule has 1 saturated heterocycles. The number of para-hydroxylation sites is 2. The van der Waals surface area contributed by atoms with Gasteiger partial charge < -0.3 is 14.6 Å². The summed E-state index contributed by atoms with van der Waals surface area (Å²) in [6, 6.07) is 7.93. The Morgan fingerprint density at radius 2 is 2.33 bits per heavy atom. The van der Waals surface area contributed by atoms with Crippen molar-refractivity contribution in [2.75, 3.05) is 13.2 Å². The largest absolute Gasteiger partial charge is 0.370 e. The topological polar surface area (TPSA) is 56.2 Å². The first-order valence-electron chi connectivity index (χ1n) is 7.63. The molecule has 2 aromatic rings. The van der Waals surface area contributed by atoms with Gasteiger partial charge in [0.25, 0.3) is 0 Å². The summed E-state index contributed by atoms with van der Waals surface area (Å²) in [5.41, 5.74) is 1.92. The van der Waals surface area contributed by atoms with Crippen molar-refractivity contribution in [2.45, 2.75) is 38.8 Å². The van der Waals surface area contributed by atoms with Crippen molar-refractivity contribution in [3.63, 3.8) is 0 Å². The van der Waals surface area contributed by atoms with Gasteiger partial charge in [0, 0.05) is 13.2 Å². The first kappa shape index (κ1) is 14.1. The highest BCUT2D eigenvalue weighted by atomic mass is 16.5. The summed E-state index contributed by atoms with van der Waals surface area (Å²) in [6.07, 6.45) is 2.97. The maximum absolute atomic E-state index is 12.1. The SMILES string of the molecule is CCCNC(=O)Cn1c(C2CCCO2)nc2ccccc21. The lowest BCUT2D eigenvalue weighted by molar-refractivity contribution is -0.121. The maximum atomic E-state index is 12.1. The highest BCUT2D eigenvalue weighted by Gasteiger charge is 2.25. The van der Waals surface area contributed by atoms with Crippen LogP contribution in [-0.4, -0.2) is 28.6 Å². The van der Waals surface area contributed by atoms with Crippen molar-refractivity contribution < 1.29 is 9.53 Å². The average molecular weight is 287 g/mol. The molecular weight excluding hydrogens is 266 g/mol. The van der Waals surface area contributed by atoms with Gasteiger partial charge in [0.2, 0.25) is 5.91 Å². The van der Waals surface area contributed by atoms with Gasteiger partial charge in [-0.05, 0) is 31.4 Å². The Labute approximate surface area is 124 Å². The molecule has 1 atom stereocenters. The molecule has 21 heavy (non-hydrogen) atoms. The fourth-order valence-electron chi connectivity index (χ4n) is 2.75. The van der Waals surface area contributed by atoms with Crippen LogP contribution in [0, 0.1) is 0 Å². The van der Waals surface area contributed by atoms with Gasteiger partial charge in [0.05, 0.1) is 11.0 Å². The van der Waals surface area contributed by atoms with Crippen molar-refractivity contribution >= 4 is 16.9 Å². The number of hydrogen-bond donors (Lipinski definition) is 1. The number of hydrogen-bond acceptors (Lipinski definition) is 3. The van der Waals surface area contributed by atoms with Crippen LogP contribution in [0.2, 0.25) is 0 Å². The molecule has 1 aliphatic heterocycles. The molecule has 3 rings (SSSR count). The van der Waals surface area contributed by atoms with Crippen molar-refractivity contribution in [1.29, 1.82) is 0 Å². The first-order chi connectivity index (χ1) is 10.3. The zero-order valence-electron chi connectivity index (χ0n) is 12.3. The Morgan fingerprint density at radius 3 is 3.10 bits per heavy atom. The molecule has 1 fully saturated rings. The minimum absolute atomic E-state index is 0.0105. The van der Waals surface area contributed by atoms with Crippen LogP contribution < -0.4 is 5.32 Å². The summed E-state index contributed by atoms with van der Waals surface area (Å²) in [6.45, 7) is 3.83. The minimum Gasteiger partial charge on any atom is -0.370 e. The molecule has 2 heterocycles. The van der Waals surface area contributed by atoms with Gasteiger partial charge in [-0.25, -0.2) is 4.98 Å². The predicted molar refractivity (Wildman–Crippen MR) is 81.0 cm³/mol. The smallest absolute Gasteiger partial charge is 0.240 e. The lowest BCUT2D eigenvalue weighted by Gasteiger charge is -2.13. The van der Waals surface area contributed by atoms with Gasteiger partial charge in [-0.15, -0.1) is 0 Å². The van der Waals surface area contributed by atoms with Crippen molar-refractivity contribution in [3.8, 4) is 0 Å². The molecule has 1 unspecified atom stereocenters. The summed E-state index contributed by atoms with van der Waals surface area (Å²) in [7, 11) is 0. The average Bonchev–Trinajstić information content (AvgIpc) is 3.13. The van der Waals surface area contributed by atoms with Crippen LogP contribution in [-0.2, 0) is 16.1 Å². The molecule has 1 aliphatic rings. The number of amides is 1. The fraction of sp³-hybridized carbons (Fsp3) is 0.500. The Balaban J connectivity index is 1.93. The van der Waals surface area contributed by atoms with Gasteiger partial charge in [-0.2, -0.15) is 0 Å². The van der Waals surface area contributed by atoms with E-state index in [1.165, 1.54) is 0 Å². The van der Waals surface area contributed by atoms with E-state index in [2.05, 4.69) is 10.3 Å². The predicted octanol–water partition coefficient (Wildman–Crippen LogP) is 2.41. The maximum Gasteiger partial charge on any atom is 0.240 e. The number of imidazole rings is 1. The molecule has 0 saturated carbocycles. The summed E-state index contributed by atoms with van der Waals surface area (Å²) in [4.78, 5) is 16.8. The molecular formula is C16H21N3O2. The van der Waals surface area contributed by atoms with E-state index in [1.54, 1.807) is 0 Å². The molecule has 0 aliphatic carbocycles. The molecule has 5 heteroatoms. The Kier molecular flexibility index (Phi) is 4.20. The van der Waals surface area contributed by atoms with Gasteiger partial charge in [0.1, 0.15) is 18.5 Å². The van der Waals surface area contributed by atoms with Crippen LogP contribution in [0.4, 0.5) is 0 Å². The number of benzene rings is 1. The van der Waals surface area contributed by atoms with E-state index in [0.29, 0.717) is 13.1 Å². The summed E-state index contributed by atoms with van der Waals surface area (Å²) in [5, 5.41) is 2.92. The molecule has 1 aromatic carbocycles. The summed E-state index contributed by atoms with van der Waals surface area (Å²) < 4.78 is 7.75. The van der Waals surface area contributed by atoms with Gasteiger partial charge in [-0.1, -0.05) is 19.1 Å². The number of ether oxygens (including phenoxy) is 1. The van der Waals surface area contributed by atoms with Crippen LogP contribution in [0.25, 0.3) is 11.0 Å². The number of carbonyl (C=O) groups excluding carboxylic acids is 1. The van der Waals surface area contributed by atoms with E-state index in [9.17, 15) is 4.79 Å². The summed E-state index contributed by atoms with van der Waals surface area (Å²) >= 11 is 0. The molecule has 0 bridgehead atoms. The number of nitrogens with one attached hydrogen (secondary N) is 1. The number of carbonyl (C=O) groups is 1. The Morgan fingerprint density at radius 1 is 1.48 bits per heavy atom. The standard InChI is InChI=1S/C16H21N3O2/c1-2-9-17-15(20)11-19-13-7-4-3-6-12(13)18-16(19)14-8-5-10-21-14/h3-4,6-7,14H,2,5,8-11H2,1H3,(H,17,20). The van der Waals surface area contributed by atoms with E-state index >= 15 is 0 Å². The number of nitrogens with zero attached hydrogens (tertiary/aromatic N) is 2. The number of aromatic nitrogens is 2. The van der Waals surface area contributed by atoms with Gasteiger partial charge >= 0.3 is 0 Å². The second-order valence-corrected chi connectivity index (χ2v) is 5.40. The zero-order chi connectivity index (χ0) is 14.7.